The second-order valence-electron chi connectivity index (χ2n) is 7.57. The molecule has 1 N–H and O–H groups in total. The molecule has 0 spiro atoms. The van der Waals surface area contributed by atoms with Crippen molar-refractivity contribution >= 4 is 33.5 Å². The average molecular weight is 411 g/mol. The van der Waals surface area contributed by atoms with E-state index in [0.29, 0.717) is 28.0 Å². The van der Waals surface area contributed by atoms with Crippen molar-refractivity contribution in [2.45, 2.75) is 13.8 Å². The van der Waals surface area contributed by atoms with E-state index in [0.717, 1.165) is 28.0 Å². The van der Waals surface area contributed by atoms with Crippen LogP contribution >= 0.6 is 0 Å². The minimum atomic E-state index is -0.433. The van der Waals surface area contributed by atoms with Gasteiger partial charge in [-0.2, -0.15) is 0 Å². The van der Waals surface area contributed by atoms with Crippen LogP contribution in [0.25, 0.3) is 33.1 Å². The van der Waals surface area contributed by atoms with Gasteiger partial charge in [-0.25, -0.2) is 4.79 Å². The zero-order valence-electron chi connectivity index (χ0n) is 17.5. The predicted molar refractivity (Wildman–Crippen MR) is 123 cm³/mol. The molecule has 0 bridgehead atoms. The maximum Gasteiger partial charge on any atom is 0.348 e. The number of benzene rings is 3. The zero-order chi connectivity index (χ0) is 21.5. The number of methoxy groups -OCH3 is 1. The number of fused-ring (bicyclic) bond motifs is 3. The third-order valence-corrected chi connectivity index (χ3v) is 5.46. The fourth-order valence-electron chi connectivity index (χ4n) is 3.91. The van der Waals surface area contributed by atoms with Gasteiger partial charge in [0.25, 0.3) is 0 Å². The van der Waals surface area contributed by atoms with Crippen LogP contribution in [0.15, 0.2) is 80.4 Å². The summed E-state index contributed by atoms with van der Waals surface area (Å²) in [6, 6.07) is 21.1. The Kier molecular flexibility index (Phi) is 4.51. The highest BCUT2D eigenvalue weighted by Gasteiger charge is 2.23. The molecule has 5 aromatic rings. The van der Waals surface area contributed by atoms with E-state index in [2.05, 4.69) is 18.3 Å². The SMILES string of the molecule is COc1ccc(-c2c(Nc3ccc(C)cc3C)oc3c2c(=O)oc2ccccc23)cc1. The van der Waals surface area contributed by atoms with Crippen LogP contribution < -0.4 is 15.7 Å². The summed E-state index contributed by atoms with van der Waals surface area (Å²) in [5.41, 5.74) is 5.22. The molecule has 0 aliphatic heterocycles. The minimum Gasteiger partial charge on any atom is -0.497 e. The number of anilines is 2. The monoisotopic (exact) mass is 411 g/mol. The van der Waals surface area contributed by atoms with Crippen LogP contribution in [-0.2, 0) is 0 Å². The second-order valence-corrected chi connectivity index (χ2v) is 7.57. The van der Waals surface area contributed by atoms with Crippen LogP contribution in [0, 0.1) is 13.8 Å². The lowest BCUT2D eigenvalue weighted by Crippen LogP contribution is -2.00. The zero-order valence-corrected chi connectivity index (χ0v) is 17.5. The van der Waals surface area contributed by atoms with Crippen LogP contribution in [0.3, 0.4) is 0 Å². The van der Waals surface area contributed by atoms with Gasteiger partial charge in [0.2, 0.25) is 5.88 Å². The molecule has 2 aromatic heterocycles. The molecule has 0 amide bonds. The molecule has 0 atom stereocenters. The first-order valence-corrected chi connectivity index (χ1v) is 10.0. The van der Waals surface area contributed by atoms with Gasteiger partial charge in [0.05, 0.1) is 18.1 Å². The van der Waals surface area contributed by atoms with Crippen molar-refractivity contribution in [2.75, 3.05) is 12.4 Å². The van der Waals surface area contributed by atoms with E-state index in [-0.39, 0.29) is 0 Å². The van der Waals surface area contributed by atoms with Gasteiger partial charge in [-0.3, -0.25) is 0 Å². The Balaban J connectivity index is 1.81. The first-order chi connectivity index (χ1) is 15.0. The molecule has 0 aliphatic rings. The van der Waals surface area contributed by atoms with Crippen LogP contribution in [0.4, 0.5) is 11.6 Å². The van der Waals surface area contributed by atoms with Crippen molar-refractivity contribution in [1.29, 1.82) is 0 Å². The Bertz CT molecular complexity index is 1480. The number of aryl methyl sites for hydroxylation is 2. The Morgan fingerprint density at radius 3 is 2.42 bits per heavy atom. The molecule has 0 saturated heterocycles. The van der Waals surface area contributed by atoms with E-state index >= 15 is 0 Å². The standard InChI is InChI=1S/C26H21NO4/c1-15-8-13-20(16(2)14-15)27-25-22(17-9-11-18(29-3)12-10-17)23-24(31-25)19-6-4-5-7-21(19)30-26(23)28/h4-14,27H,1-3H3. The Hall–Kier alpha value is -3.99. The summed E-state index contributed by atoms with van der Waals surface area (Å²) in [7, 11) is 1.62. The summed E-state index contributed by atoms with van der Waals surface area (Å²) in [5, 5.41) is 4.56. The van der Waals surface area contributed by atoms with Crippen LogP contribution in [0.2, 0.25) is 0 Å². The third kappa shape index (κ3) is 3.24. The van der Waals surface area contributed by atoms with Gasteiger partial charge in [-0.05, 0) is 55.3 Å². The van der Waals surface area contributed by atoms with E-state index in [1.807, 2.05) is 61.5 Å². The van der Waals surface area contributed by atoms with Crippen molar-refractivity contribution < 1.29 is 13.6 Å². The second kappa shape index (κ2) is 7.36. The largest absolute Gasteiger partial charge is 0.497 e. The highest BCUT2D eigenvalue weighted by Crippen LogP contribution is 2.41. The molecule has 0 fully saturated rings. The molecular weight excluding hydrogens is 390 g/mol. The van der Waals surface area contributed by atoms with Crippen LogP contribution in [0.1, 0.15) is 11.1 Å². The van der Waals surface area contributed by atoms with Gasteiger partial charge in [0.1, 0.15) is 16.7 Å². The van der Waals surface area contributed by atoms with E-state index < -0.39 is 5.63 Å². The fraction of sp³-hybridized carbons (Fsp3) is 0.115. The van der Waals surface area contributed by atoms with Gasteiger partial charge in [0.15, 0.2) is 5.58 Å². The number of hydrogen-bond acceptors (Lipinski definition) is 5. The molecule has 5 rings (SSSR count). The smallest absolute Gasteiger partial charge is 0.348 e. The first kappa shape index (κ1) is 19.0. The predicted octanol–water partition coefficient (Wildman–Crippen LogP) is 6.58. The molecule has 3 aromatic carbocycles. The van der Waals surface area contributed by atoms with Gasteiger partial charge in [0, 0.05) is 5.69 Å². The summed E-state index contributed by atoms with van der Waals surface area (Å²) >= 11 is 0. The molecule has 5 heteroatoms. The Morgan fingerprint density at radius 2 is 1.68 bits per heavy atom. The number of para-hydroxylation sites is 1. The van der Waals surface area contributed by atoms with E-state index in [1.165, 1.54) is 5.56 Å². The summed E-state index contributed by atoms with van der Waals surface area (Å²) in [6.45, 7) is 4.09. The van der Waals surface area contributed by atoms with Crippen molar-refractivity contribution in [2.24, 2.45) is 0 Å². The topological polar surface area (TPSA) is 64.6 Å². The van der Waals surface area contributed by atoms with Gasteiger partial charge in [-0.15, -0.1) is 0 Å². The van der Waals surface area contributed by atoms with Crippen molar-refractivity contribution in [3.05, 3.63) is 88.3 Å². The Morgan fingerprint density at radius 1 is 0.903 bits per heavy atom. The molecule has 154 valence electrons. The maximum absolute atomic E-state index is 13.0. The number of ether oxygens (including phenoxy) is 1. The number of hydrogen-bond donors (Lipinski definition) is 1. The lowest BCUT2D eigenvalue weighted by atomic mass is 10.0. The summed E-state index contributed by atoms with van der Waals surface area (Å²) in [6.07, 6.45) is 0. The van der Waals surface area contributed by atoms with Crippen LogP contribution in [0.5, 0.6) is 5.75 Å². The quantitative estimate of drug-likeness (QED) is 0.339. The summed E-state index contributed by atoms with van der Waals surface area (Å²) < 4.78 is 17.2. The molecule has 5 nitrogen and oxygen atoms in total. The number of rotatable bonds is 4. The molecule has 2 heterocycles. The van der Waals surface area contributed by atoms with Crippen molar-refractivity contribution in [3.63, 3.8) is 0 Å². The highest BCUT2D eigenvalue weighted by molar-refractivity contribution is 6.10. The molecule has 0 radical (unpaired) electrons. The number of furan rings is 1. The first-order valence-electron chi connectivity index (χ1n) is 10.0. The average Bonchev–Trinajstić information content (AvgIpc) is 3.16. The van der Waals surface area contributed by atoms with E-state index in [9.17, 15) is 4.79 Å². The van der Waals surface area contributed by atoms with E-state index in [4.69, 9.17) is 13.6 Å². The highest BCUT2D eigenvalue weighted by atomic mass is 16.5. The lowest BCUT2D eigenvalue weighted by Gasteiger charge is -2.10. The summed E-state index contributed by atoms with van der Waals surface area (Å²) in [4.78, 5) is 13.0. The molecular formula is C26H21NO4. The lowest BCUT2D eigenvalue weighted by molar-refractivity contribution is 0.415. The normalized spacial score (nSPS) is 11.2. The molecule has 31 heavy (non-hydrogen) atoms. The molecule has 0 aliphatic carbocycles. The van der Waals surface area contributed by atoms with E-state index in [1.54, 1.807) is 13.2 Å². The maximum atomic E-state index is 13.0. The third-order valence-electron chi connectivity index (χ3n) is 5.46. The van der Waals surface area contributed by atoms with Gasteiger partial charge >= 0.3 is 5.63 Å². The van der Waals surface area contributed by atoms with Crippen molar-refractivity contribution in [3.8, 4) is 16.9 Å². The van der Waals surface area contributed by atoms with Gasteiger partial charge < -0.3 is 18.9 Å². The molecule has 0 unspecified atom stereocenters. The molecule has 0 saturated carbocycles. The van der Waals surface area contributed by atoms with Crippen molar-refractivity contribution in [1.82, 2.24) is 0 Å². The van der Waals surface area contributed by atoms with Crippen LogP contribution in [-0.4, -0.2) is 7.11 Å². The Labute approximate surface area is 178 Å². The number of nitrogens with one attached hydrogen (secondary N) is 1. The fourth-order valence-corrected chi connectivity index (χ4v) is 3.91. The van der Waals surface area contributed by atoms with Gasteiger partial charge in [-0.1, -0.05) is 42.0 Å². The summed E-state index contributed by atoms with van der Waals surface area (Å²) in [5.74, 6) is 1.23. The minimum absolute atomic E-state index is 0.413.